The Morgan fingerprint density at radius 2 is 1.32 bits per heavy atom. The van der Waals surface area contributed by atoms with Crippen LogP contribution < -0.4 is 32.3 Å². The number of aryl methyl sites for hydroxylation is 4. The molecule has 4 heterocycles. The number of imidazole rings is 1. The van der Waals surface area contributed by atoms with Crippen LogP contribution in [-0.2, 0) is 125 Å². The minimum atomic E-state index is -5.61. The second kappa shape index (κ2) is 34.4. The third-order valence-corrected chi connectivity index (χ3v) is 19.4. The number of nitrogens with one attached hydrogen (secondary N) is 3. The first-order chi connectivity index (χ1) is 47.4. The number of carbonyl (C=O) groups is 8. The summed E-state index contributed by atoms with van der Waals surface area (Å²) >= 11 is 0. The van der Waals surface area contributed by atoms with Gasteiger partial charge in [0.1, 0.15) is 18.1 Å². The summed E-state index contributed by atoms with van der Waals surface area (Å²) in [6.07, 6.45) is 4.93. The molecule has 1 aromatic heterocycles. The van der Waals surface area contributed by atoms with Crippen LogP contribution in [0.15, 0.2) is 95.8 Å². The van der Waals surface area contributed by atoms with Crippen LogP contribution >= 0.6 is 7.60 Å². The molecule has 0 spiro atoms. The van der Waals surface area contributed by atoms with Crippen LogP contribution in [0.3, 0.4) is 0 Å². The van der Waals surface area contributed by atoms with Crippen molar-refractivity contribution in [3.63, 3.8) is 0 Å². The Hall–Kier alpha value is -8.30. The summed E-state index contributed by atoms with van der Waals surface area (Å²) in [5.41, 5.74) is 5.09. The smallest absolute Gasteiger partial charge is 0.410 e. The monoisotopic (exact) mass is 1410 g/mol. The van der Waals surface area contributed by atoms with E-state index in [2.05, 4.69) is 16.0 Å². The second-order valence-corrected chi connectivity index (χ2v) is 29.3. The fraction of sp³-hybridized carbons (Fsp3) is 0.514. The van der Waals surface area contributed by atoms with Crippen molar-refractivity contribution in [2.45, 2.75) is 169 Å². The fourth-order valence-electron chi connectivity index (χ4n) is 11.7. The van der Waals surface area contributed by atoms with Crippen LogP contribution in [0.4, 0.5) is 14.5 Å². The average Bonchev–Trinajstić information content (AvgIpc) is 1.59. The number of ether oxygens (including phenoxy) is 6. The van der Waals surface area contributed by atoms with Crippen LogP contribution in [0, 0.1) is 10.8 Å². The van der Waals surface area contributed by atoms with E-state index in [4.69, 9.17) is 43.2 Å². The van der Waals surface area contributed by atoms with Crippen molar-refractivity contribution >= 4 is 77.3 Å². The number of alkyl halides is 2. The molecule has 28 heteroatoms. The largest absolute Gasteiger partial charge is 0.438 e. The van der Waals surface area contributed by atoms with E-state index in [9.17, 15) is 47.7 Å². The second-order valence-electron chi connectivity index (χ2n) is 27.3. The topological polar surface area (TPSA) is 320 Å². The van der Waals surface area contributed by atoms with E-state index in [0.29, 0.717) is 68.4 Å². The van der Waals surface area contributed by atoms with Gasteiger partial charge in [-0.3, -0.25) is 71.3 Å². The van der Waals surface area contributed by atoms with Crippen molar-refractivity contribution in [1.82, 2.24) is 25.1 Å². The fourth-order valence-corrected chi connectivity index (χ4v) is 13.0. The van der Waals surface area contributed by atoms with Crippen molar-refractivity contribution < 1.29 is 89.2 Å². The Labute approximate surface area is 579 Å². The maximum absolute atomic E-state index is 16.3. The highest BCUT2D eigenvalue weighted by Gasteiger charge is 2.56. The zero-order valence-electron chi connectivity index (χ0n) is 58.2. The predicted molar refractivity (Wildman–Crippen MR) is 365 cm³/mol. The van der Waals surface area contributed by atoms with Crippen molar-refractivity contribution in [2.24, 2.45) is 23.6 Å². The van der Waals surface area contributed by atoms with E-state index in [1.807, 2.05) is 60.7 Å². The van der Waals surface area contributed by atoms with Gasteiger partial charge in [0, 0.05) is 51.2 Å². The number of esters is 2. The number of anilines is 1. The van der Waals surface area contributed by atoms with Gasteiger partial charge in [0.15, 0.2) is 0 Å². The molecule has 5 aromatic rings. The Balaban J connectivity index is 0.767. The average molecular weight is 1410 g/mol. The first kappa shape index (κ1) is 77.4. The lowest BCUT2D eigenvalue weighted by molar-refractivity contribution is -0.163. The van der Waals surface area contributed by atoms with E-state index >= 15 is 8.78 Å². The molecule has 5 atom stereocenters. The quantitative estimate of drug-likeness (QED) is 0.00738. The summed E-state index contributed by atoms with van der Waals surface area (Å²) in [7, 11) is -3.93. The van der Waals surface area contributed by atoms with Gasteiger partial charge in [-0.2, -0.15) is 8.78 Å². The molecule has 3 aliphatic rings. The Kier molecular flexibility index (Phi) is 26.6. The molecule has 1 saturated heterocycles. The first-order valence-corrected chi connectivity index (χ1v) is 35.1. The highest BCUT2D eigenvalue weighted by atomic mass is 31.2. The molecule has 5 N–H and O–H groups in total. The summed E-state index contributed by atoms with van der Waals surface area (Å²) in [5, 5.41) is 8.18. The van der Waals surface area contributed by atoms with E-state index in [1.54, 1.807) is 20.9 Å². The highest BCUT2D eigenvalue weighted by Crippen LogP contribution is 2.67. The maximum Gasteiger partial charge on any atom is 0.410 e. The zero-order chi connectivity index (χ0) is 72.7. The van der Waals surface area contributed by atoms with E-state index < -0.39 is 115 Å². The molecule has 100 heavy (non-hydrogen) atoms. The Morgan fingerprint density at radius 1 is 0.740 bits per heavy atom. The number of amides is 6. The van der Waals surface area contributed by atoms with Crippen LogP contribution in [0.25, 0.3) is 16.6 Å². The molecular weight excluding hydrogens is 1320 g/mol. The predicted octanol–water partition coefficient (Wildman–Crippen LogP) is 8.45. The molecule has 8 rings (SSSR count). The van der Waals surface area contributed by atoms with Gasteiger partial charge in [-0.05, 0) is 158 Å². The number of nitrogens with zero attached hydrogens (tertiary/aromatic N) is 3. The number of aromatic nitrogens is 2. The molecule has 0 aliphatic carbocycles. The standard InChI is InChI=1S/C72H92F2N7O18P/c1-45(50-22-25-53(26-23-50)72(73,74)100(91,98-43-96-67(88)70(3,4)5)99-44-97-68(89)71(6,7)8)39-62(84)76-55-27-24-51-15-10-16-52-41-59(81(63(51)52)66(55)87)65(86)77-54(28-31-60(75)82)46(2)95-42-49-19-17-47(18-20-49)13-11-33-92-35-37-94-38-36-93-34-12-14-48-21-29-56-58(40-48)79(9)69(90)80(56)57-30-32-61(83)78-64(57)85/h10,15-23,25-26,29,39-40,46,54-55,57,59H,11-14,24,27-28,30-38,41-44H2,1-9H3,(H2,75,82)(H,76,84)(H,77,86)(H,78,83,85)/b45-39+/t46-,54+,55+,57?,59+/m1/s1. The van der Waals surface area contributed by atoms with E-state index in [1.165, 1.54) is 73.8 Å². The Morgan fingerprint density at radius 3 is 1.92 bits per heavy atom. The number of primary amides is 1. The molecule has 1 fully saturated rings. The molecule has 4 aromatic carbocycles. The number of benzene rings is 4. The minimum absolute atomic E-state index is 0.0553. The van der Waals surface area contributed by atoms with E-state index in [-0.39, 0.29) is 56.7 Å². The van der Waals surface area contributed by atoms with Gasteiger partial charge in [-0.1, -0.05) is 72.8 Å². The van der Waals surface area contributed by atoms with Crippen molar-refractivity contribution in [3.8, 4) is 0 Å². The lowest BCUT2D eigenvalue weighted by atomic mass is 9.98. The summed E-state index contributed by atoms with van der Waals surface area (Å²) in [6.45, 7) is 13.0. The number of hydrogen-bond acceptors (Lipinski definition) is 18. The SMILES string of the molecule is C/C(=C\C(=O)N[C@H]1CCc2cccc3c2N(C1=O)[C@H](C(=O)N[C@@H](CCC(N)=O)[C@@H](C)OCc1ccc(CCCOCCOCCOCCCc2ccc4c(c2)n(C)c(=O)n4C2CCC(=O)NC2=O)cc1)C3)c1ccc(C(F)(F)P(=O)(OCOC(=O)C(C)(C)C)OCOC(=O)C(C)(C)C)cc1. The van der Waals surface area contributed by atoms with E-state index in [0.717, 1.165) is 71.1 Å². The molecular formula is C72H92F2N7O18P. The summed E-state index contributed by atoms with van der Waals surface area (Å²) in [5.74, 6) is -4.76. The van der Waals surface area contributed by atoms with Gasteiger partial charge >= 0.3 is 30.9 Å². The number of rotatable bonds is 35. The lowest BCUT2D eigenvalue weighted by Gasteiger charge is -2.31. The van der Waals surface area contributed by atoms with Crippen LogP contribution in [0.1, 0.15) is 145 Å². The van der Waals surface area contributed by atoms with Gasteiger partial charge in [-0.15, -0.1) is 0 Å². The number of halogens is 2. The van der Waals surface area contributed by atoms with Gasteiger partial charge in [-0.25, -0.2) is 4.79 Å². The molecule has 6 amide bonds. The number of piperidine rings is 1. The molecule has 3 aliphatic heterocycles. The third-order valence-electron chi connectivity index (χ3n) is 17.5. The third kappa shape index (κ3) is 20.0. The maximum atomic E-state index is 16.3. The summed E-state index contributed by atoms with van der Waals surface area (Å²) in [6, 6.07) is 20.1. The number of imide groups is 1. The summed E-state index contributed by atoms with van der Waals surface area (Å²) in [4.78, 5) is 119. The van der Waals surface area contributed by atoms with Crippen molar-refractivity contribution in [3.05, 3.63) is 140 Å². The number of nitrogens with two attached hydrogens (primary N) is 1. The van der Waals surface area contributed by atoms with Crippen LogP contribution in [0.2, 0.25) is 0 Å². The molecule has 25 nitrogen and oxygen atoms in total. The van der Waals surface area contributed by atoms with Crippen molar-refractivity contribution in [1.29, 1.82) is 0 Å². The van der Waals surface area contributed by atoms with Crippen molar-refractivity contribution in [2.75, 3.05) is 58.1 Å². The van der Waals surface area contributed by atoms with Gasteiger partial charge in [0.05, 0.1) is 72.7 Å². The first-order valence-electron chi connectivity index (χ1n) is 33.6. The van der Waals surface area contributed by atoms with Gasteiger partial charge in [0.2, 0.25) is 49.0 Å². The van der Waals surface area contributed by atoms with Gasteiger partial charge in [0.25, 0.3) is 0 Å². The van der Waals surface area contributed by atoms with Crippen LogP contribution in [-0.4, -0.2) is 134 Å². The highest BCUT2D eigenvalue weighted by molar-refractivity contribution is 7.54. The zero-order valence-corrected chi connectivity index (χ0v) is 59.1. The molecule has 0 radical (unpaired) electrons. The summed E-state index contributed by atoms with van der Waals surface area (Å²) < 4.78 is 92.8. The molecule has 0 saturated carbocycles. The molecule has 0 bridgehead atoms. The normalized spacial score (nSPS) is 17.3. The number of allylic oxidation sites excluding steroid dienone is 1. The Bertz CT molecular complexity index is 3880. The molecule has 1 unspecified atom stereocenters. The number of carbonyl (C=O) groups excluding carboxylic acids is 8. The van der Waals surface area contributed by atoms with Gasteiger partial charge < -0.3 is 44.8 Å². The number of fused-ring (bicyclic) bond motifs is 1. The number of hydrogen-bond donors (Lipinski definition) is 4. The minimum Gasteiger partial charge on any atom is -0.438 e. The lowest BCUT2D eigenvalue weighted by Crippen LogP contribution is -2.56. The molecule has 542 valence electrons. The number of para-hydroxylation sites is 1. The van der Waals surface area contributed by atoms with Crippen LogP contribution in [0.5, 0.6) is 0 Å².